The van der Waals surface area contributed by atoms with Crippen molar-refractivity contribution in [2.45, 2.75) is 36.1 Å². The van der Waals surface area contributed by atoms with Crippen molar-refractivity contribution in [3.8, 4) is 0 Å². The van der Waals surface area contributed by atoms with Crippen molar-refractivity contribution in [2.75, 3.05) is 13.1 Å². The summed E-state index contributed by atoms with van der Waals surface area (Å²) in [7, 11) is -3.72. The maximum Gasteiger partial charge on any atom is 0.471 e. The van der Waals surface area contributed by atoms with Gasteiger partial charge in [-0.3, -0.25) is 9.59 Å². The maximum atomic E-state index is 12.5. The molecule has 9 heteroatoms. The SMILES string of the molecule is CC(=O)c1ccc(S(=O)(=O)C2CCN(C(=O)C(F)(F)F)CC2)cc1. The molecule has 1 heterocycles. The molecule has 0 aliphatic carbocycles. The van der Waals surface area contributed by atoms with Gasteiger partial charge in [0.05, 0.1) is 10.1 Å². The summed E-state index contributed by atoms with van der Waals surface area (Å²) in [6.07, 6.45) is -5.06. The lowest BCUT2D eigenvalue weighted by molar-refractivity contribution is -0.186. The van der Waals surface area contributed by atoms with Crippen LogP contribution < -0.4 is 0 Å². The van der Waals surface area contributed by atoms with Gasteiger partial charge in [-0.1, -0.05) is 12.1 Å². The van der Waals surface area contributed by atoms with Crippen molar-refractivity contribution in [2.24, 2.45) is 0 Å². The quantitative estimate of drug-likeness (QED) is 0.772. The van der Waals surface area contributed by atoms with E-state index in [-0.39, 0.29) is 36.6 Å². The highest BCUT2D eigenvalue weighted by molar-refractivity contribution is 7.92. The molecule has 1 aliphatic heterocycles. The van der Waals surface area contributed by atoms with Crippen molar-refractivity contribution >= 4 is 21.5 Å². The standard InChI is InChI=1S/C15H16F3NO4S/c1-10(20)11-2-4-12(5-3-11)24(22,23)13-6-8-19(9-7-13)14(21)15(16,17)18/h2-5,13H,6-9H2,1H3. The van der Waals surface area contributed by atoms with Crippen LogP contribution in [0.2, 0.25) is 0 Å². The number of hydrogen-bond donors (Lipinski definition) is 0. The second-order valence-electron chi connectivity index (χ2n) is 5.61. The van der Waals surface area contributed by atoms with Gasteiger partial charge in [0.25, 0.3) is 0 Å². The Kier molecular flexibility index (Phi) is 5.03. The number of sulfone groups is 1. The molecule has 0 saturated carbocycles. The normalized spacial score (nSPS) is 16.9. The number of piperidine rings is 1. The fraction of sp³-hybridized carbons (Fsp3) is 0.467. The number of rotatable bonds is 3. The monoisotopic (exact) mass is 363 g/mol. The molecule has 132 valence electrons. The van der Waals surface area contributed by atoms with E-state index >= 15 is 0 Å². The fourth-order valence-electron chi connectivity index (χ4n) is 2.62. The molecule has 24 heavy (non-hydrogen) atoms. The minimum Gasteiger partial charge on any atom is -0.335 e. The summed E-state index contributed by atoms with van der Waals surface area (Å²) < 4.78 is 62.2. The van der Waals surface area contributed by atoms with Gasteiger partial charge in [0, 0.05) is 18.7 Å². The molecule has 0 unspecified atom stereocenters. The van der Waals surface area contributed by atoms with Crippen LogP contribution in [-0.2, 0) is 14.6 Å². The van der Waals surface area contributed by atoms with Crippen molar-refractivity contribution in [3.63, 3.8) is 0 Å². The van der Waals surface area contributed by atoms with Gasteiger partial charge in [0.2, 0.25) is 0 Å². The fourth-order valence-corrected chi connectivity index (χ4v) is 4.35. The lowest BCUT2D eigenvalue weighted by Crippen LogP contribution is -2.47. The van der Waals surface area contributed by atoms with Crippen molar-refractivity contribution in [3.05, 3.63) is 29.8 Å². The third-order valence-corrected chi connectivity index (χ3v) is 6.28. The van der Waals surface area contributed by atoms with Crippen molar-refractivity contribution < 1.29 is 31.2 Å². The van der Waals surface area contributed by atoms with Crippen molar-refractivity contribution in [1.82, 2.24) is 4.90 Å². The van der Waals surface area contributed by atoms with Gasteiger partial charge in [-0.25, -0.2) is 8.42 Å². The second kappa shape index (κ2) is 6.54. The summed E-state index contributed by atoms with van der Waals surface area (Å²) in [5.41, 5.74) is 0.375. The topological polar surface area (TPSA) is 71.5 Å². The highest BCUT2D eigenvalue weighted by atomic mass is 32.2. The Morgan fingerprint density at radius 2 is 1.58 bits per heavy atom. The lowest BCUT2D eigenvalue weighted by Gasteiger charge is -2.32. The molecule has 0 bridgehead atoms. The highest BCUT2D eigenvalue weighted by Crippen LogP contribution is 2.27. The first kappa shape index (κ1) is 18.4. The third kappa shape index (κ3) is 3.77. The summed E-state index contributed by atoms with van der Waals surface area (Å²) in [5, 5.41) is -0.849. The molecule has 1 aromatic carbocycles. The number of alkyl halides is 3. The molecule has 1 amide bonds. The number of carbonyl (C=O) groups excluding carboxylic acids is 2. The molecule has 1 saturated heterocycles. The van der Waals surface area contributed by atoms with E-state index in [1.807, 2.05) is 0 Å². The number of nitrogens with zero attached hydrogens (tertiary/aromatic N) is 1. The summed E-state index contributed by atoms with van der Waals surface area (Å²) >= 11 is 0. The molecule has 0 atom stereocenters. The zero-order chi connectivity index (χ0) is 18.1. The first-order valence-corrected chi connectivity index (χ1v) is 8.79. The maximum absolute atomic E-state index is 12.5. The average Bonchev–Trinajstić information content (AvgIpc) is 2.53. The van der Waals surface area contributed by atoms with Crippen LogP contribution in [0.15, 0.2) is 29.2 Å². The van der Waals surface area contributed by atoms with Crippen LogP contribution in [0, 0.1) is 0 Å². The Hall–Kier alpha value is -1.90. The van der Waals surface area contributed by atoms with Crippen LogP contribution in [0.1, 0.15) is 30.1 Å². The zero-order valence-corrected chi connectivity index (χ0v) is 13.7. The van der Waals surface area contributed by atoms with Gasteiger partial charge in [0.1, 0.15) is 0 Å². The van der Waals surface area contributed by atoms with E-state index in [2.05, 4.69) is 0 Å². The number of likely N-dealkylation sites (tertiary alicyclic amines) is 1. The molecule has 2 rings (SSSR count). The van der Waals surface area contributed by atoms with Gasteiger partial charge in [0.15, 0.2) is 15.6 Å². The van der Waals surface area contributed by atoms with Crippen molar-refractivity contribution in [1.29, 1.82) is 0 Å². The number of amides is 1. The van der Waals surface area contributed by atoms with E-state index in [1.54, 1.807) is 0 Å². The summed E-state index contributed by atoms with van der Waals surface area (Å²) in [6.45, 7) is 0.846. The van der Waals surface area contributed by atoms with Crippen LogP contribution in [0.4, 0.5) is 13.2 Å². The molecule has 0 radical (unpaired) electrons. The Morgan fingerprint density at radius 3 is 2.00 bits per heavy atom. The smallest absolute Gasteiger partial charge is 0.335 e. The molecular weight excluding hydrogens is 347 g/mol. The summed E-state index contributed by atoms with van der Waals surface area (Å²) in [5.74, 6) is -2.14. The first-order chi connectivity index (χ1) is 11.0. The van der Waals surface area contributed by atoms with E-state index in [1.165, 1.54) is 31.2 Å². The molecule has 1 fully saturated rings. The zero-order valence-electron chi connectivity index (χ0n) is 12.8. The number of ketones is 1. The van der Waals surface area contributed by atoms with Gasteiger partial charge in [-0.2, -0.15) is 13.2 Å². The molecule has 1 aliphatic rings. The summed E-state index contributed by atoms with van der Waals surface area (Å²) in [6, 6.07) is 5.44. The number of carbonyl (C=O) groups is 2. The second-order valence-corrected chi connectivity index (χ2v) is 7.84. The number of benzene rings is 1. The van der Waals surface area contributed by atoms with E-state index in [9.17, 15) is 31.2 Å². The van der Waals surface area contributed by atoms with Gasteiger partial charge in [-0.05, 0) is 31.9 Å². The predicted octanol–water partition coefficient (Wildman–Crippen LogP) is 2.22. The van der Waals surface area contributed by atoms with Crippen LogP contribution in [0.5, 0.6) is 0 Å². The summed E-state index contributed by atoms with van der Waals surface area (Å²) in [4.78, 5) is 23.0. The molecule has 1 aromatic rings. The predicted molar refractivity (Wildman–Crippen MR) is 79.3 cm³/mol. The number of Topliss-reactive ketones (excluding diaryl/α,β-unsaturated/α-hetero) is 1. The minimum atomic E-state index is -4.95. The average molecular weight is 363 g/mol. The number of hydrogen-bond acceptors (Lipinski definition) is 4. The van der Waals surface area contributed by atoms with E-state index in [0.717, 1.165) is 0 Å². The third-order valence-electron chi connectivity index (χ3n) is 4.00. The van der Waals surface area contributed by atoms with Crippen LogP contribution in [0.25, 0.3) is 0 Å². The van der Waals surface area contributed by atoms with Gasteiger partial charge >= 0.3 is 12.1 Å². The highest BCUT2D eigenvalue weighted by Gasteiger charge is 2.44. The van der Waals surface area contributed by atoms with Crippen LogP contribution in [0.3, 0.4) is 0 Å². The van der Waals surface area contributed by atoms with E-state index in [4.69, 9.17) is 0 Å². The number of halogens is 3. The lowest BCUT2D eigenvalue weighted by atomic mass is 10.1. The van der Waals surface area contributed by atoms with E-state index < -0.39 is 27.2 Å². The van der Waals surface area contributed by atoms with E-state index in [0.29, 0.717) is 10.5 Å². The molecule has 5 nitrogen and oxygen atoms in total. The molecule has 0 N–H and O–H groups in total. The van der Waals surface area contributed by atoms with Gasteiger partial charge in [-0.15, -0.1) is 0 Å². The van der Waals surface area contributed by atoms with Gasteiger partial charge < -0.3 is 4.90 Å². The molecular formula is C15H16F3NO4S. The molecule has 0 aromatic heterocycles. The van der Waals surface area contributed by atoms with Crippen LogP contribution in [-0.4, -0.2) is 49.5 Å². The Balaban J connectivity index is 2.10. The van der Waals surface area contributed by atoms with Crippen LogP contribution >= 0.6 is 0 Å². The largest absolute Gasteiger partial charge is 0.471 e. The molecule has 0 spiro atoms. The first-order valence-electron chi connectivity index (χ1n) is 7.24. The Bertz CT molecular complexity index is 733. The Labute approximate surface area is 137 Å². The minimum absolute atomic E-state index is 0.0214. The Morgan fingerprint density at radius 1 is 1.08 bits per heavy atom.